The first-order chi connectivity index (χ1) is 12.8. The molecule has 2 aromatic heterocycles. The maximum absolute atomic E-state index is 12.5. The summed E-state index contributed by atoms with van der Waals surface area (Å²) in [5, 5.41) is 15.3. The van der Waals surface area contributed by atoms with Crippen molar-refractivity contribution in [3.63, 3.8) is 0 Å². The van der Waals surface area contributed by atoms with E-state index in [1.165, 1.54) is 5.56 Å². The number of fused-ring (bicyclic) bond motifs is 1. The van der Waals surface area contributed by atoms with Crippen LogP contribution in [0.2, 0.25) is 0 Å². The maximum Gasteiger partial charge on any atom is 0.225 e. The zero-order valence-corrected chi connectivity index (χ0v) is 14.5. The SMILES string of the molecule is O=C(NCc1nncn1CCc1ccccc1)C1CCc2ncnn2C1. The standard InChI is InChI=1S/C18H21N7O/c26-18(15-6-7-16-20-12-22-25(16)11-15)19-10-17-23-21-13-24(17)9-8-14-4-2-1-3-5-14/h1-5,12-13,15H,6-11H2,(H,19,26). The Hall–Kier alpha value is -3.03. The fourth-order valence-corrected chi connectivity index (χ4v) is 3.26. The third kappa shape index (κ3) is 3.63. The average molecular weight is 351 g/mol. The van der Waals surface area contributed by atoms with Gasteiger partial charge in [0.15, 0.2) is 5.82 Å². The number of rotatable bonds is 6. The molecule has 0 spiro atoms. The van der Waals surface area contributed by atoms with Gasteiger partial charge in [0.25, 0.3) is 0 Å². The van der Waals surface area contributed by atoms with Crippen molar-refractivity contribution in [1.82, 2.24) is 34.8 Å². The number of aryl methyl sites for hydroxylation is 3. The number of aromatic nitrogens is 6. The molecular formula is C18H21N7O. The molecule has 1 unspecified atom stereocenters. The number of carbonyl (C=O) groups is 1. The highest BCUT2D eigenvalue weighted by molar-refractivity contribution is 5.78. The summed E-state index contributed by atoms with van der Waals surface area (Å²) in [6, 6.07) is 10.3. The van der Waals surface area contributed by atoms with Crippen molar-refractivity contribution in [2.45, 2.75) is 38.9 Å². The van der Waals surface area contributed by atoms with Crippen LogP contribution in [0, 0.1) is 5.92 Å². The first kappa shape index (κ1) is 16.4. The Balaban J connectivity index is 1.31. The van der Waals surface area contributed by atoms with Crippen LogP contribution in [0.4, 0.5) is 0 Å². The molecule has 8 heteroatoms. The molecule has 3 heterocycles. The molecule has 134 valence electrons. The molecule has 3 aromatic rings. The molecule has 1 amide bonds. The van der Waals surface area contributed by atoms with Crippen molar-refractivity contribution in [1.29, 1.82) is 0 Å². The maximum atomic E-state index is 12.5. The molecule has 1 aliphatic rings. The van der Waals surface area contributed by atoms with E-state index in [9.17, 15) is 4.79 Å². The predicted molar refractivity (Wildman–Crippen MR) is 93.8 cm³/mol. The van der Waals surface area contributed by atoms with Gasteiger partial charge in [-0.1, -0.05) is 30.3 Å². The molecule has 0 saturated heterocycles. The van der Waals surface area contributed by atoms with Gasteiger partial charge < -0.3 is 9.88 Å². The first-order valence-corrected chi connectivity index (χ1v) is 8.84. The third-order valence-electron chi connectivity index (χ3n) is 4.78. The van der Waals surface area contributed by atoms with E-state index in [4.69, 9.17) is 0 Å². The summed E-state index contributed by atoms with van der Waals surface area (Å²) < 4.78 is 3.81. The van der Waals surface area contributed by atoms with Crippen LogP contribution in [0.1, 0.15) is 23.6 Å². The second-order valence-electron chi connectivity index (χ2n) is 6.49. The van der Waals surface area contributed by atoms with Gasteiger partial charge in [-0.15, -0.1) is 10.2 Å². The second-order valence-corrected chi connectivity index (χ2v) is 6.49. The second kappa shape index (κ2) is 7.47. The summed E-state index contributed by atoms with van der Waals surface area (Å²) in [6.45, 7) is 1.75. The zero-order valence-electron chi connectivity index (χ0n) is 14.5. The Kier molecular flexibility index (Phi) is 4.72. The van der Waals surface area contributed by atoms with E-state index in [1.807, 2.05) is 27.4 Å². The van der Waals surface area contributed by atoms with Crippen molar-refractivity contribution >= 4 is 5.91 Å². The van der Waals surface area contributed by atoms with Crippen LogP contribution < -0.4 is 5.32 Å². The first-order valence-electron chi connectivity index (χ1n) is 8.84. The van der Waals surface area contributed by atoms with Gasteiger partial charge in [-0.3, -0.25) is 4.79 Å². The largest absolute Gasteiger partial charge is 0.348 e. The van der Waals surface area contributed by atoms with Gasteiger partial charge in [-0.2, -0.15) is 5.10 Å². The van der Waals surface area contributed by atoms with Gasteiger partial charge in [0.05, 0.1) is 19.0 Å². The molecule has 0 bridgehead atoms. The molecule has 0 radical (unpaired) electrons. The Bertz CT molecular complexity index is 871. The zero-order chi connectivity index (χ0) is 17.8. The highest BCUT2D eigenvalue weighted by atomic mass is 16.1. The van der Waals surface area contributed by atoms with Gasteiger partial charge in [-0.25, -0.2) is 9.67 Å². The molecule has 0 fully saturated rings. The number of amides is 1. The van der Waals surface area contributed by atoms with Crippen LogP contribution in [-0.2, 0) is 37.3 Å². The van der Waals surface area contributed by atoms with E-state index in [-0.39, 0.29) is 11.8 Å². The quantitative estimate of drug-likeness (QED) is 0.715. The Morgan fingerprint density at radius 2 is 2.15 bits per heavy atom. The number of nitrogens with zero attached hydrogens (tertiary/aromatic N) is 6. The van der Waals surface area contributed by atoms with E-state index < -0.39 is 0 Å². The highest BCUT2D eigenvalue weighted by Gasteiger charge is 2.25. The van der Waals surface area contributed by atoms with Crippen molar-refractivity contribution in [3.05, 3.63) is 60.2 Å². The van der Waals surface area contributed by atoms with E-state index in [1.54, 1.807) is 12.7 Å². The molecule has 1 atom stereocenters. The molecular weight excluding hydrogens is 330 g/mol. The lowest BCUT2D eigenvalue weighted by molar-refractivity contribution is -0.126. The van der Waals surface area contributed by atoms with Crippen LogP contribution in [0.5, 0.6) is 0 Å². The van der Waals surface area contributed by atoms with E-state index >= 15 is 0 Å². The van der Waals surface area contributed by atoms with Crippen LogP contribution in [0.25, 0.3) is 0 Å². The van der Waals surface area contributed by atoms with Gasteiger partial charge in [0, 0.05) is 13.0 Å². The number of carbonyl (C=O) groups excluding carboxylic acids is 1. The fourth-order valence-electron chi connectivity index (χ4n) is 3.26. The third-order valence-corrected chi connectivity index (χ3v) is 4.78. The summed E-state index contributed by atoms with van der Waals surface area (Å²) >= 11 is 0. The molecule has 1 aromatic carbocycles. The minimum Gasteiger partial charge on any atom is -0.348 e. The summed E-state index contributed by atoms with van der Waals surface area (Å²) in [4.78, 5) is 16.7. The lowest BCUT2D eigenvalue weighted by atomic mass is 9.99. The lowest BCUT2D eigenvalue weighted by Crippen LogP contribution is -2.36. The highest BCUT2D eigenvalue weighted by Crippen LogP contribution is 2.17. The minimum absolute atomic E-state index is 0.0313. The molecule has 4 rings (SSSR count). The van der Waals surface area contributed by atoms with Crippen molar-refractivity contribution < 1.29 is 4.79 Å². The number of nitrogens with one attached hydrogen (secondary N) is 1. The van der Waals surface area contributed by atoms with E-state index in [0.717, 1.165) is 37.5 Å². The summed E-state index contributed by atoms with van der Waals surface area (Å²) in [7, 11) is 0. The summed E-state index contributed by atoms with van der Waals surface area (Å²) in [5.41, 5.74) is 1.27. The monoisotopic (exact) mass is 351 g/mol. The lowest BCUT2D eigenvalue weighted by Gasteiger charge is -2.21. The van der Waals surface area contributed by atoms with Crippen LogP contribution in [0.3, 0.4) is 0 Å². The van der Waals surface area contributed by atoms with E-state index in [2.05, 4.69) is 37.7 Å². The van der Waals surface area contributed by atoms with Crippen LogP contribution >= 0.6 is 0 Å². The van der Waals surface area contributed by atoms with Gasteiger partial charge in [0.2, 0.25) is 5.91 Å². The number of hydrogen-bond acceptors (Lipinski definition) is 5. The molecule has 26 heavy (non-hydrogen) atoms. The molecule has 0 saturated carbocycles. The molecule has 1 aliphatic heterocycles. The van der Waals surface area contributed by atoms with Crippen LogP contribution in [0.15, 0.2) is 43.0 Å². The molecule has 1 N–H and O–H groups in total. The van der Waals surface area contributed by atoms with Gasteiger partial charge in [0.1, 0.15) is 18.5 Å². The van der Waals surface area contributed by atoms with Crippen LogP contribution in [-0.4, -0.2) is 35.4 Å². The molecule has 0 aliphatic carbocycles. The average Bonchev–Trinajstić information content (AvgIpc) is 3.33. The number of benzene rings is 1. The van der Waals surface area contributed by atoms with Gasteiger partial charge in [-0.05, 0) is 18.4 Å². The van der Waals surface area contributed by atoms with Gasteiger partial charge >= 0.3 is 0 Å². The van der Waals surface area contributed by atoms with Crippen molar-refractivity contribution in [3.8, 4) is 0 Å². The predicted octanol–water partition coefficient (Wildman–Crippen LogP) is 0.991. The summed E-state index contributed by atoms with van der Waals surface area (Å²) in [6.07, 6.45) is 5.74. The molecule has 8 nitrogen and oxygen atoms in total. The number of hydrogen-bond donors (Lipinski definition) is 1. The van der Waals surface area contributed by atoms with Crippen molar-refractivity contribution in [2.75, 3.05) is 0 Å². The van der Waals surface area contributed by atoms with E-state index in [0.29, 0.717) is 13.1 Å². The smallest absolute Gasteiger partial charge is 0.225 e. The Morgan fingerprint density at radius 3 is 3.04 bits per heavy atom. The summed E-state index contributed by atoms with van der Waals surface area (Å²) in [5.74, 6) is 1.68. The normalized spacial score (nSPS) is 16.2. The van der Waals surface area contributed by atoms with Crippen molar-refractivity contribution in [2.24, 2.45) is 5.92 Å². The topological polar surface area (TPSA) is 90.5 Å². The fraction of sp³-hybridized carbons (Fsp3) is 0.389. The minimum atomic E-state index is -0.0788. The Morgan fingerprint density at radius 1 is 1.27 bits per heavy atom. The Labute approximate surface area is 151 Å².